The van der Waals surface area contributed by atoms with Crippen molar-refractivity contribution in [2.75, 3.05) is 6.54 Å². The monoisotopic (exact) mass is 356 g/mol. The van der Waals surface area contributed by atoms with Crippen LogP contribution in [0.4, 0.5) is 4.39 Å². The Morgan fingerprint density at radius 2 is 2.19 bits per heavy atom. The molecule has 6 heteroatoms. The van der Waals surface area contributed by atoms with Gasteiger partial charge >= 0.3 is 0 Å². The van der Waals surface area contributed by atoms with E-state index in [0.717, 1.165) is 12.0 Å². The molecule has 1 fully saturated rings. The Hall–Kier alpha value is -1.43. The maximum atomic E-state index is 13.1. The van der Waals surface area contributed by atoms with Crippen molar-refractivity contribution in [3.63, 3.8) is 0 Å². The Bertz CT molecular complexity index is 565. The number of carbonyl (C=O) groups is 2. The number of nitrogens with one attached hydrogen (secondary N) is 1. The lowest BCUT2D eigenvalue weighted by atomic mass is 9.94. The highest BCUT2D eigenvalue weighted by molar-refractivity contribution is 9.10. The summed E-state index contributed by atoms with van der Waals surface area (Å²) in [5, 5.41) is 2.63. The van der Waals surface area contributed by atoms with Crippen molar-refractivity contribution in [3.8, 4) is 0 Å². The number of hydrogen-bond donors (Lipinski definition) is 1. The second kappa shape index (κ2) is 6.56. The highest BCUT2D eigenvalue weighted by Crippen LogP contribution is 2.24. The molecular weight excluding hydrogens is 339 g/mol. The first kappa shape index (κ1) is 15.9. The van der Waals surface area contributed by atoms with Gasteiger partial charge in [-0.1, -0.05) is 42.3 Å². The van der Waals surface area contributed by atoms with Crippen molar-refractivity contribution in [3.05, 3.63) is 34.1 Å². The van der Waals surface area contributed by atoms with Crippen LogP contribution in [0.5, 0.6) is 0 Å². The van der Waals surface area contributed by atoms with E-state index in [1.165, 1.54) is 12.1 Å². The van der Waals surface area contributed by atoms with Gasteiger partial charge in [-0.05, 0) is 23.6 Å². The van der Waals surface area contributed by atoms with Gasteiger partial charge in [-0.3, -0.25) is 9.59 Å². The van der Waals surface area contributed by atoms with E-state index in [1.54, 1.807) is 11.0 Å². The lowest BCUT2D eigenvalue weighted by molar-refractivity contribution is -0.148. The minimum atomic E-state index is -0.479. The number of halogens is 2. The molecule has 1 aliphatic rings. The zero-order valence-corrected chi connectivity index (χ0v) is 13.6. The summed E-state index contributed by atoms with van der Waals surface area (Å²) in [5.41, 5.74) is 0.785. The minimum absolute atomic E-state index is 0.0184. The SMILES string of the molecule is CCC(C)C1C(=O)NCC(=O)N1Cc1ccc(F)cc1Br. The summed E-state index contributed by atoms with van der Waals surface area (Å²) in [6.45, 7) is 4.26. The average molecular weight is 357 g/mol. The van der Waals surface area contributed by atoms with E-state index in [2.05, 4.69) is 21.2 Å². The predicted octanol–water partition coefficient (Wildman–Crippen LogP) is 2.46. The standard InChI is InChI=1S/C15H18BrFN2O2/c1-3-9(2)14-15(21)18-7-13(20)19(14)8-10-4-5-11(17)6-12(10)16/h4-6,9,14H,3,7-8H2,1-2H3,(H,18,21). The van der Waals surface area contributed by atoms with Gasteiger partial charge in [0.05, 0.1) is 6.54 Å². The molecule has 0 saturated carbocycles. The van der Waals surface area contributed by atoms with Crippen LogP contribution < -0.4 is 5.32 Å². The second-order valence-electron chi connectivity index (χ2n) is 5.31. The van der Waals surface area contributed by atoms with Crippen molar-refractivity contribution < 1.29 is 14.0 Å². The topological polar surface area (TPSA) is 49.4 Å². The number of amides is 2. The Morgan fingerprint density at radius 1 is 1.48 bits per heavy atom. The highest BCUT2D eigenvalue weighted by atomic mass is 79.9. The summed E-state index contributed by atoms with van der Waals surface area (Å²) in [6, 6.07) is 3.87. The number of hydrogen-bond acceptors (Lipinski definition) is 2. The minimum Gasteiger partial charge on any atom is -0.345 e. The van der Waals surface area contributed by atoms with Gasteiger partial charge < -0.3 is 10.2 Å². The summed E-state index contributed by atoms with van der Waals surface area (Å²) >= 11 is 3.30. The van der Waals surface area contributed by atoms with Crippen molar-refractivity contribution in [1.29, 1.82) is 0 Å². The molecule has 2 unspecified atom stereocenters. The van der Waals surface area contributed by atoms with Gasteiger partial charge in [-0.2, -0.15) is 0 Å². The van der Waals surface area contributed by atoms with Gasteiger partial charge in [0.1, 0.15) is 11.9 Å². The van der Waals surface area contributed by atoms with Crippen LogP contribution in [0.2, 0.25) is 0 Å². The van der Waals surface area contributed by atoms with Crippen molar-refractivity contribution in [2.24, 2.45) is 5.92 Å². The van der Waals surface area contributed by atoms with E-state index in [1.807, 2.05) is 13.8 Å². The molecule has 1 saturated heterocycles. The number of rotatable bonds is 4. The molecule has 1 aliphatic heterocycles. The number of benzene rings is 1. The third-order valence-corrected chi connectivity index (χ3v) is 4.62. The molecule has 1 heterocycles. The van der Waals surface area contributed by atoms with Gasteiger partial charge in [-0.15, -0.1) is 0 Å². The van der Waals surface area contributed by atoms with Crippen LogP contribution in [0, 0.1) is 11.7 Å². The van der Waals surface area contributed by atoms with Gasteiger partial charge in [0, 0.05) is 11.0 Å². The summed E-state index contributed by atoms with van der Waals surface area (Å²) in [6.07, 6.45) is 0.798. The molecule has 21 heavy (non-hydrogen) atoms. The van der Waals surface area contributed by atoms with Crippen LogP contribution in [0.1, 0.15) is 25.8 Å². The normalized spacial score (nSPS) is 20.4. The number of nitrogens with zero attached hydrogens (tertiary/aromatic N) is 1. The first-order chi connectivity index (χ1) is 9.93. The molecule has 0 radical (unpaired) electrons. The van der Waals surface area contributed by atoms with Gasteiger partial charge in [0.2, 0.25) is 11.8 Å². The van der Waals surface area contributed by atoms with Crippen LogP contribution in [0.15, 0.2) is 22.7 Å². The van der Waals surface area contributed by atoms with E-state index in [-0.39, 0.29) is 30.1 Å². The molecule has 1 aromatic carbocycles. The van der Waals surface area contributed by atoms with E-state index in [4.69, 9.17) is 0 Å². The molecule has 1 aromatic rings. The molecule has 2 amide bonds. The van der Waals surface area contributed by atoms with E-state index in [0.29, 0.717) is 11.0 Å². The van der Waals surface area contributed by atoms with Crippen LogP contribution in [-0.2, 0) is 16.1 Å². The van der Waals surface area contributed by atoms with Gasteiger partial charge in [0.25, 0.3) is 0 Å². The molecule has 2 atom stereocenters. The Morgan fingerprint density at radius 3 is 2.81 bits per heavy atom. The van der Waals surface area contributed by atoms with Crippen LogP contribution in [0.3, 0.4) is 0 Å². The largest absolute Gasteiger partial charge is 0.345 e. The van der Waals surface area contributed by atoms with Crippen molar-refractivity contribution in [1.82, 2.24) is 10.2 Å². The van der Waals surface area contributed by atoms with E-state index in [9.17, 15) is 14.0 Å². The summed E-state index contributed by atoms with van der Waals surface area (Å²) in [4.78, 5) is 25.9. The quantitative estimate of drug-likeness (QED) is 0.900. The fraction of sp³-hybridized carbons (Fsp3) is 0.467. The van der Waals surface area contributed by atoms with Crippen LogP contribution in [-0.4, -0.2) is 29.3 Å². The summed E-state index contributed by atoms with van der Waals surface area (Å²) in [7, 11) is 0. The van der Waals surface area contributed by atoms with Crippen molar-refractivity contribution >= 4 is 27.7 Å². The zero-order valence-electron chi connectivity index (χ0n) is 12.0. The third kappa shape index (κ3) is 3.43. The molecular formula is C15H18BrFN2O2. The summed E-state index contributed by atoms with van der Waals surface area (Å²) in [5.74, 6) is -0.515. The number of piperazine rings is 1. The lowest BCUT2D eigenvalue weighted by Gasteiger charge is -2.38. The Kier molecular flexibility index (Phi) is 4.98. The molecule has 0 spiro atoms. The number of carbonyl (C=O) groups excluding carboxylic acids is 2. The second-order valence-corrected chi connectivity index (χ2v) is 6.16. The molecule has 4 nitrogen and oxygen atoms in total. The third-order valence-electron chi connectivity index (χ3n) is 3.88. The molecule has 0 bridgehead atoms. The van der Waals surface area contributed by atoms with E-state index < -0.39 is 6.04 Å². The van der Waals surface area contributed by atoms with Gasteiger partial charge in [-0.25, -0.2) is 4.39 Å². The molecule has 114 valence electrons. The van der Waals surface area contributed by atoms with E-state index >= 15 is 0 Å². The summed E-state index contributed by atoms with van der Waals surface area (Å²) < 4.78 is 13.8. The highest BCUT2D eigenvalue weighted by Gasteiger charge is 2.37. The molecule has 2 rings (SSSR count). The first-order valence-corrected chi connectivity index (χ1v) is 7.74. The maximum Gasteiger partial charge on any atom is 0.243 e. The lowest BCUT2D eigenvalue weighted by Crippen LogP contribution is -2.60. The molecule has 1 N–H and O–H groups in total. The maximum absolute atomic E-state index is 13.1. The van der Waals surface area contributed by atoms with Crippen LogP contribution >= 0.6 is 15.9 Å². The first-order valence-electron chi connectivity index (χ1n) is 6.95. The van der Waals surface area contributed by atoms with Crippen LogP contribution in [0.25, 0.3) is 0 Å². The smallest absolute Gasteiger partial charge is 0.243 e. The van der Waals surface area contributed by atoms with Gasteiger partial charge in [0.15, 0.2) is 0 Å². The zero-order chi connectivity index (χ0) is 15.6. The molecule has 0 aliphatic carbocycles. The Balaban J connectivity index is 2.28. The Labute approximate surface area is 131 Å². The predicted molar refractivity (Wildman–Crippen MR) is 80.9 cm³/mol. The fourth-order valence-electron chi connectivity index (χ4n) is 2.47. The fourth-order valence-corrected chi connectivity index (χ4v) is 2.95. The van der Waals surface area contributed by atoms with Crippen molar-refractivity contribution in [2.45, 2.75) is 32.9 Å². The molecule has 0 aromatic heterocycles. The average Bonchev–Trinajstić information content (AvgIpc) is 2.45.